The second-order valence-corrected chi connectivity index (χ2v) is 7.29. The van der Waals surface area contributed by atoms with Crippen molar-refractivity contribution in [1.29, 1.82) is 0 Å². The molecule has 0 fully saturated rings. The van der Waals surface area contributed by atoms with Gasteiger partial charge in [0, 0.05) is 0 Å². The summed E-state index contributed by atoms with van der Waals surface area (Å²) in [5, 5.41) is 0. The van der Waals surface area contributed by atoms with Gasteiger partial charge in [-0.25, -0.2) is 8.42 Å². The van der Waals surface area contributed by atoms with Crippen LogP contribution in [0.15, 0.2) is 54.6 Å². The Balaban J connectivity index is 1.90. The summed E-state index contributed by atoms with van der Waals surface area (Å²) in [5.74, 6) is 0.394. The van der Waals surface area contributed by atoms with Gasteiger partial charge in [0.05, 0.1) is 11.5 Å². The van der Waals surface area contributed by atoms with Gasteiger partial charge in [0.1, 0.15) is 0 Å². The first-order chi connectivity index (χ1) is 9.57. The number of sulfone groups is 1. The second kappa shape index (κ2) is 6.71. The molecule has 0 saturated carbocycles. The maximum absolute atomic E-state index is 12.1. The van der Waals surface area contributed by atoms with Gasteiger partial charge in [0.2, 0.25) is 0 Å². The fraction of sp³-hybridized carbons (Fsp3) is 0.294. The van der Waals surface area contributed by atoms with Crippen LogP contribution in [0.5, 0.6) is 0 Å². The van der Waals surface area contributed by atoms with Gasteiger partial charge in [0.15, 0.2) is 9.84 Å². The zero-order valence-electron chi connectivity index (χ0n) is 11.7. The normalized spacial score (nSPS) is 11.4. The molecule has 0 aliphatic carbocycles. The van der Waals surface area contributed by atoms with E-state index in [9.17, 15) is 8.42 Å². The molecule has 0 radical (unpaired) electrons. The van der Waals surface area contributed by atoms with Crippen LogP contribution in [0, 0.1) is 6.92 Å². The van der Waals surface area contributed by atoms with Crippen LogP contribution in [-0.2, 0) is 22.0 Å². The average Bonchev–Trinajstić information content (AvgIpc) is 2.42. The Morgan fingerprint density at radius 3 is 2.25 bits per heavy atom. The van der Waals surface area contributed by atoms with Gasteiger partial charge >= 0.3 is 0 Å². The predicted octanol–water partition coefficient (Wildman–Crippen LogP) is 3.54. The Hall–Kier alpha value is -1.61. The van der Waals surface area contributed by atoms with Crippen molar-refractivity contribution in [3.05, 3.63) is 71.3 Å². The zero-order chi connectivity index (χ0) is 14.4. The highest BCUT2D eigenvalue weighted by molar-refractivity contribution is 7.90. The van der Waals surface area contributed by atoms with Crippen molar-refractivity contribution in [2.24, 2.45) is 0 Å². The van der Waals surface area contributed by atoms with Gasteiger partial charge in [-0.05, 0) is 36.5 Å². The molecule has 0 aliphatic rings. The van der Waals surface area contributed by atoms with E-state index in [1.165, 1.54) is 5.56 Å². The molecular formula is C17H20O2S. The molecule has 0 aliphatic heterocycles. The topological polar surface area (TPSA) is 34.1 Å². The molecule has 0 amide bonds. The zero-order valence-corrected chi connectivity index (χ0v) is 12.6. The minimum Gasteiger partial charge on any atom is -0.228 e. The Morgan fingerprint density at radius 2 is 1.55 bits per heavy atom. The maximum atomic E-state index is 12.1. The summed E-state index contributed by atoms with van der Waals surface area (Å²) in [4.78, 5) is 0. The number of benzene rings is 2. The van der Waals surface area contributed by atoms with Gasteiger partial charge < -0.3 is 0 Å². The molecule has 0 heterocycles. The van der Waals surface area contributed by atoms with E-state index in [1.807, 2.05) is 61.5 Å². The standard InChI is InChI=1S/C17H20O2S/c1-15-8-5-6-12-17(15)14-20(18,19)13-7-11-16-9-3-2-4-10-16/h2-6,8-10,12H,7,11,13-14H2,1H3. The molecule has 0 bridgehead atoms. The molecule has 20 heavy (non-hydrogen) atoms. The Bertz CT molecular complexity index is 646. The maximum Gasteiger partial charge on any atom is 0.154 e. The third-order valence-electron chi connectivity index (χ3n) is 3.40. The fourth-order valence-corrected chi connectivity index (χ4v) is 3.75. The molecule has 2 nitrogen and oxygen atoms in total. The Morgan fingerprint density at radius 1 is 0.900 bits per heavy atom. The SMILES string of the molecule is Cc1ccccc1CS(=O)(=O)CCCc1ccccc1. The molecule has 0 N–H and O–H groups in total. The van der Waals surface area contributed by atoms with Crippen molar-refractivity contribution in [1.82, 2.24) is 0 Å². The van der Waals surface area contributed by atoms with Gasteiger partial charge in [-0.2, -0.15) is 0 Å². The summed E-state index contributed by atoms with van der Waals surface area (Å²) in [6, 6.07) is 17.7. The first-order valence-corrected chi connectivity index (χ1v) is 8.68. The number of aryl methyl sites for hydroxylation is 2. The van der Waals surface area contributed by atoms with Crippen LogP contribution in [0.4, 0.5) is 0 Å². The molecule has 2 rings (SSSR count). The smallest absolute Gasteiger partial charge is 0.154 e. The number of hydrogen-bond donors (Lipinski definition) is 0. The molecule has 0 spiro atoms. The van der Waals surface area contributed by atoms with Crippen molar-refractivity contribution in [3.63, 3.8) is 0 Å². The van der Waals surface area contributed by atoms with Crippen LogP contribution >= 0.6 is 0 Å². The van der Waals surface area contributed by atoms with Crippen LogP contribution < -0.4 is 0 Å². The summed E-state index contributed by atoms with van der Waals surface area (Å²) >= 11 is 0. The minimum atomic E-state index is -3.03. The summed E-state index contributed by atoms with van der Waals surface area (Å²) in [5.41, 5.74) is 3.14. The van der Waals surface area contributed by atoms with E-state index in [1.54, 1.807) is 0 Å². The third-order valence-corrected chi connectivity index (χ3v) is 5.06. The molecule has 0 saturated heterocycles. The van der Waals surface area contributed by atoms with Crippen LogP contribution in [0.3, 0.4) is 0 Å². The molecule has 0 atom stereocenters. The molecule has 2 aromatic rings. The van der Waals surface area contributed by atoms with Crippen LogP contribution in [-0.4, -0.2) is 14.2 Å². The molecular weight excluding hydrogens is 268 g/mol. The van der Waals surface area contributed by atoms with E-state index in [4.69, 9.17) is 0 Å². The predicted molar refractivity (Wildman–Crippen MR) is 83.4 cm³/mol. The van der Waals surface area contributed by atoms with Crippen molar-refractivity contribution >= 4 is 9.84 Å². The lowest BCUT2D eigenvalue weighted by Crippen LogP contribution is -2.11. The van der Waals surface area contributed by atoms with Gasteiger partial charge in [0.25, 0.3) is 0 Å². The molecule has 3 heteroatoms. The average molecular weight is 288 g/mol. The largest absolute Gasteiger partial charge is 0.228 e. The van der Waals surface area contributed by atoms with Gasteiger partial charge in [-0.3, -0.25) is 0 Å². The Kier molecular flexibility index (Phi) is 4.96. The number of rotatable bonds is 6. The summed E-state index contributed by atoms with van der Waals surface area (Å²) in [6.07, 6.45) is 1.49. The Labute approximate surface area is 121 Å². The van der Waals surface area contributed by atoms with Crippen LogP contribution in [0.25, 0.3) is 0 Å². The summed E-state index contributed by atoms with van der Waals surface area (Å²) < 4.78 is 24.3. The lowest BCUT2D eigenvalue weighted by molar-refractivity contribution is 0.592. The van der Waals surface area contributed by atoms with Crippen molar-refractivity contribution in [3.8, 4) is 0 Å². The first kappa shape index (κ1) is 14.8. The lowest BCUT2D eigenvalue weighted by atomic mass is 10.1. The third kappa shape index (κ3) is 4.49. The van der Waals surface area contributed by atoms with Crippen molar-refractivity contribution < 1.29 is 8.42 Å². The van der Waals surface area contributed by atoms with E-state index >= 15 is 0 Å². The van der Waals surface area contributed by atoms with E-state index in [0.717, 1.165) is 17.5 Å². The summed E-state index contributed by atoms with van der Waals surface area (Å²) in [6.45, 7) is 1.95. The van der Waals surface area contributed by atoms with Gasteiger partial charge in [-0.15, -0.1) is 0 Å². The van der Waals surface area contributed by atoms with Crippen LogP contribution in [0.1, 0.15) is 23.1 Å². The molecule has 0 aromatic heterocycles. The monoisotopic (exact) mass is 288 g/mol. The molecule has 106 valence electrons. The molecule has 0 unspecified atom stereocenters. The fourth-order valence-electron chi connectivity index (χ4n) is 2.22. The highest BCUT2D eigenvalue weighted by Gasteiger charge is 2.13. The van der Waals surface area contributed by atoms with E-state index in [0.29, 0.717) is 6.42 Å². The van der Waals surface area contributed by atoms with E-state index < -0.39 is 9.84 Å². The number of hydrogen-bond acceptors (Lipinski definition) is 2. The van der Waals surface area contributed by atoms with Gasteiger partial charge in [-0.1, -0.05) is 54.6 Å². The lowest BCUT2D eigenvalue weighted by Gasteiger charge is -2.07. The first-order valence-electron chi connectivity index (χ1n) is 6.86. The summed E-state index contributed by atoms with van der Waals surface area (Å²) in [7, 11) is -3.03. The minimum absolute atomic E-state index is 0.147. The van der Waals surface area contributed by atoms with E-state index in [-0.39, 0.29) is 11.5 Å². The van der Waals surface area contributed by atoms with Crippen LogP contribution in [0.2, 0.25) is 0 Å². The second-order valence-electron chi connectivity index (χ2n) is 5.11. The highest BCUT2D eigenvalue weighted by atomic mass is 32.2. The van der Waals surface area contributed by atoms with Crippen molar-refractivity contribution in [2.75, 3.05) is 5.75 Å². The van der Waals surface area contributed by atoms with Crippen molar-refractivity contribution in [2.45, 2.75) is 25.5 Å². The molecule has 2 aromatic carbocycles. The quantitative estimate of drug-likeness (QED) is 0.814. The van der Waals surface area contributed by atoms with E-state index in [2.05, 4.69) is 0 Å². The highest BCUT2D eigenvalue weighted by Crippen LogP contribution is 2.13.